The number of rotatable bonds is 7. The van der Waals surface area contributed by atoms with Crippen LogP contribution >= 0.6 is 23.2 Å². The summed E-state index contributed by atoms with van der Waals surface area (Å²) in [6.45, 7) is 4.42. The van der Waals surface area contributed by atoms with Crippen molar-refractivity contribution in [3.8, 4) is 0 Å². The number of amides is 3. The number of carbonyl (C=O) groups excluding carboxylic acids is 2. The van der Waals surface area contributed by atoms with Crippen molar-refractivity contribution in [1.29, 1.82) is 0 Å². The molecule has 2 heterocycles. The molecule has 1 N–H and O–H groups in total. The Morgan fingerprint density at radius 3 is 2.39 bits per heavy atom. The smallest absolute Gasteiger partial charge is 0.317 e. The maximum absolute atomic E-state index is 13.0. The van der Waals surface area contributed by atoms with E-state index >= 15 is 0 Å². The Morgan fingerprint density at radius 1 is 0.921 bits per heavy atom. The summed E-state index contributed by atoms with van der Waals surface area (Å²) in [5, 5.41) is 4.47. The predicted molar refractivity (Wildman–Crippen MR) is 151 cm³/mol. The normalized spacial score (nSPS) is 19.0. The molecule has 0 spiro atoms. The standard InChI is InChI=1S/C30H32Cl2N4O2/c31-25-10-6-9-24(18-25)29(26-11-4-5-12-27(26)32)34-13-15-35(16-14-34)30(38)33-19-23-17-28(37)36(21-23)20-22-7-2-1-3-8-22/h1-12,18,23,29H,13-17,19-21H2,(H,33,38)/t23-,29-/m0/s1. The van der Waals surface area contributed by atoms with Crippen LogP contribution in [0, 0.1) is 5.92 Å². The van der Waals surface area contributed by atoms with E-state index in [-0.39, 0.29) is 23.9 Å². The number of likely N-dealkylation sites (tertiary alicyclic amines) is 1. The third kappa shape index (κ3) is 6.32. The molecule has 0 aromatic heterocycles. The third-order valence-electron chi connectivity index (χ3n) is 7.38. The van der Waals surface area contributed by atoms with Crippen LogP contribution in [0.5, 0.6) is 0 Å². The number of nitrogens with zero attached hydrogens (tertiary/aromatic N) is 3. The highest BCUT2D eigenvalue weighted by atomic mass is 35.5. The molecule has 2 atom stereocenters. The van der Waals surface area contributed by atoms with Gasteiger partial charge < -0.3 is 15.1 Å². The van der Waals surface area contributed by atoms with E-state index < -0.39 is 0 Å². The van der Waals surface area contributed by atoms with E-state index in [1.807, 2.05) is 76.5 Å². The van der Waals surface area contributed by atoms with E-state index in [2.05, 4.69) is 22.3 Å². The first kappa shape index (κ1) is 26.5. The van der Waals surface area contributed by atoms with Crippen molar-refractivity contribution in [3.05, 3.63) is 106 Å². The van der Waals surface area contributed by atoms with E-state index in [9.17, 15) is 9.59 Å². The average molecular weight is 552 g/mol. The van der Waals surface area contributed by atoms with E-state index in [1.54, 1.807) is 0 Å². The molecule has 2 saturated heterocycles. The number of nitrogens with one attached hydrogen (secondary N) is 1. The minimum absolute atomic E-state index is 0.0484. The Bertz CT molecular complexity index is 1260. The van der Waals surface area contributed by atoms with Crippen LogP contribution in [0.4, 0.5) is 4.79 Å². The second-order valence-electron chi connectivity index (χ2n) is 10.0. The highest BCUT2D eigenvalue weighted by Crippen LogP contribution is 2.35. The first-order chi connectivity index (χ1) is 18.5. The summed E-state index contributed by atoms with van der Waals surface area (Å²) in [6, 6.07) is 25.7. The zero-order valence-corrected chi connectivity index (χ0v) is 22.7. The van der Waals surface area contributed by atoms with Gasteiger partial charge in [-0.15, -0.1) is 0 Å². The van der Waals surface area contributed by atoms with E-state index in [1.165, 1.54) is 0 Å². The van der Waals surface area contributed by atoms with Crippen molar-refractivity contribution in [2.45, 2.75) is 19.0 Å². The molecule has 2 fully saturated rings. The molecule has 0 radical (unpaired) electrons. The fourth-order valence-corrected chi connectivity index (χ4v) is 5.87. The van der Waals surface area contributed by atoms with Gasteiger partial charge in [0.2, 0.25) is 5.91 Å². The van der Waals surface area contributed by atoms with Gasteiger partial charge in [0, 0.05) is 68.2 Å². The van der Waals surface area contributed by atoms with Crippen molar-refractivity contribution in [2.75, 3.05) is 39.3 Å². The molecule has 2 aliphatic heterocycles. The highest BCUT2D eigenvalue weighted by molar-refractivity contribution is 6.31. The zero-order chi connectivity index (χ0) is 26.5. The number of piperazine rings is 1. The van der Waals surface area contributed by atoms with Gasteiger partial charge in [-0.05, 0) is 34.9 Å². The van der Waals surface area contributed by atoms with Crippen molar-refractivity contribution < 1.29 is 9.59 Å². The van der Waals surface area contributed by atoms with Crippen molar-refractivity contribution in [3.63, 3.8) is 0 Å². The van der Waals surface area contributed by atoms with Gasteiger partial charge in [-0.3, -0.25) is 9.69 Å². The van der Waals surface area contributed by atoms with Crippen molar-refractivity contribution >= 4 is 35.1 Å². The Labute approximate surface area is 234 Å². The van der Waals surface area contributed by atoms with Gasteiger partial charge in [-0.2, -0.15) is 0 Å². The molecule has 0 aliphatic carbocycles. The van der Waals surface area contributed by atoms with Crippen LogP contribution < -0.4 is 5.32 Å². The topological polar surface area (TPSA) is 55.9 Å². The summed E-state index contributed by atoms with van der Waals surface area (Å²) in [5.41, 5.74) is 3.23. The fraction of sp³-hybridized carbons (Fsp3) is 0.333. The van der Waals surface area contributed by atoms with Crippen molar-refractivity contribution in [1.82, 2.24) is 20.0 Å². The van der Waals surface area contributed by atoms with Gasteiger partial charge in [0.1, 0.15) is 0 Å². The van der Waals surface area contributed by atoms with E-state index in [4.69, 9.17) is 23.2 Å². The minimum atomic E-state index is -0.0735. The Hall–Kier alpha value is -3.06. The largest absolute Gasteiger partial charge is 0.338 e. The number of halogens is 2. The van der Waals surface area contributed by atoms with Gasteiger partial charge in [0.25, 0.3) is 0 Å². The van der Waals surface area contributed by atoms with Crippen molar-refractivity contribution in [2.24, 2.45) is 5.92 Å². The summed E-state index contributed by atoms with van der Waals surface area (Å²) in [7, 11) is 0. The van der Waals surface area contributed by atoms with Crippen LogP contribution in [0.15, 0.2) is 78.9 Å². The number of hydrogen-bond acceptors (Lipinski definition) is 3. The summed E-state index contributed by atoms with van der Waals surface area (Å²) < 4.78 is 0. The fourth-order valence-electron chi connectivity index (χ4n) is 5.43. The SMILES string of the molecule is O=C1C[C@@H](CNC(=O)N2CCN([C@@H](c3cccc(Cl)c3)c3ccccc3Cl)CC2)CN1Cc1ccccc1. The molecule has 8 heteroatoms. The van der Waals surface area contributed by atoms with Crippen LogP contribution in [0.3, 0.4) is 0 Å². The van der Waals surface area contributed by atoms with Crippen LogP contribution in [0.25, 0.3) is 0 Å². The zero-order valence-electron chi connectivity index (χ0n) is 21.2. The average Bonchev–Trinajstić information content (AvgIpc) is 3.28. The monoisotopic (exact) mass is 550 g/mol. The molecule has 0 bridgehead atoms. The molecule has 3 aromatic rings. The Morgan fingerprint density at radius 2 is 1.66 bits per heavy atom. The summed E-state index contributed by atoms with van der Waals surface area (Å²) >= 11 is 12.9. The first-order valence-corrected chi connectivity index (χ1v) is 13.8. The Kier molecular flexibility index (Phi) is 8.52. The second-order valence-corrected chi connectivity index (χ2v) is 10.9. The molecule has 2 aliphatic rings. The quantitative estimate of drug-likeness (QED) is 0.425. The van der Waals surface area contributed by atoms with Gasteiger partial charge in [0.05, 0.1) is 6.04 Å². The number of urea groups is 1. The van der Waals surface area contributed by atoms with E-state index in [0.717, 1.165) is 16.7 Å². The minimum Gasteiger partial charge on any atom is -0.338 e. The van der Waals surface area contributed by atoms with Gasteiger partial charge in [-0.1, -0.05) is 83.9 Å². The maximum atomic E-state index is 13.0. The lowest BCUT2D eigenvalue weighted by molar-refractivity contribution is -0.128. The number of carbonyl (C=O) groups is 2. The van der Waals surface area contributed by atoms with Crippen LogP contribution in [-0.4, -0.2) is 65.9 Å². The summed E-state index contributed by atoms with van der Waals surface area (Å²) in [4.78, 5) is 31.6. The molecule has 0 saturated carbocycles. The molecular weight excluding hydrogens is 519 g/mol. The maximum Gasteiger partial charge on any atom is 0.317 e. The first-order valence-electron chi connectivity index (χ1n) is 13.1. The summed E-state index contributed by atoms with van der Waals surface area (Å²) in [6.07, 6.45) is 0.472. The van der Waals surface area contributed by atoms with E-state index in [0.29, 0.717) is 62.3 Å². The predicted octanol–water partition coefficient (Wildman–Crippen LogP) is 5.46. The van der Waals surface area contributed by atoms with Gasteiger partial charge in [0.15, 0.2) is 0 Å². The highest BCUT2D eigenvalue weighted by Gasteiger charge is 2.32. The third-order valence-corrected chi connectivity index (χ3v) is 7.96. The lowest BCUT2D eigenvalue weighted by Crippen LogP contribution is -2.53. The number of hydrogen-bond donors (Lipinski definition) is 1. The molecule has 38 heavy (non-hydrogen) atoms. The molecule has 3 aromatic carbocycles. The molecular formula is C30H32Cl2N4O2. The molecule has 198 valence electrons. The van der Waals surface area contributed by atoms with Gasteiger partial charge >= 0.3 is 6.03 Å². The Balaban J connectivity index is 1.16. The lowest BCUT2D eigenvalue weighted by atomic mass is 9.96. The van der Waals surface area contributed by atoms with Gasteiger partial charge in [-0.25, -0.2) is 4.79 Å². The molecule has 6 nitrogen and oxygen atoms in total. The number of benzene rings is 3. The summed E-state index contributed by atoms with van der Waals surface area (Å²) in [5.74, 6) is 0.275. The molecule has 3 amide bonds. The van der Waals surface area contributed by atoms with Crippen LogP contribution in [-0.2, 0) is 11.3 Å². The molecule has 0 unspecified atom stereocenters. The molecule has 5 rings (SSSR count). The van der Waals surface area contributed by atoms with Crippen LogP contribution in [0.2, 0.25) is 10.0 Å². The second kappa shape index (κ2) is 12.2. The van der Waals surface area contributed by atoms with Crippen LogP contribution in [0.1, 0.15) is 29.2 Å². The lowest BCUT2D eigenvalue weighted by Gasteiger charge is -2.40.